The molecule has 0 spiro atoms. The number of halogens is 2. The Morgan fingerprint density at radius 3 is 2.68 bits per heavy atom. The monoisotopic (exact) mass is 443 g/mol. The molecule has 0 unspecified atom stereocenters. The van der Waals surface area contributed by atoms with Gasteiger partial charge < -0.3 is 5.32 Å². The first kappa shape index (κ1) is 21.0. The van der Waals surface area contributed by atoms with Gasteiger partial charge >= 0.3 is 0 Å². The number of carbonyl (C=O) groups excluding carboxylic acids is 1. The number of anilines is 1. The lowest BCUT2D eigenvalue weighted by molar-refractivity contribution is -0.113. The van der Waals surface area contributed by atoms with Crippen molar-refractivity contribution >= 4 is 40.0 Å². The highest BCUT2D eigenvalue weighted by atomic mass is 32.2. The minimum Gasteiger partial charge on any atom is -0.323 e. The minimum atomic E-state index is -0.528. The lowest BCUT2D eigenvalue weighted by atomic mass is 10.2. The average Bonchev–Trinajstić information content (AvgIpc) is 3.15. The molecule has 0 radical (unpaired) electrons. The molecule has 2 aromatic heterocycles. The van der Waals surface area contributed by atoms with Crippen LogP contribution in [0.2, 0.25) is 0 Å². The van der Waals surface area contributed by atoms with E-state index in [1.165, 1.54) is 41.0 Å². The standard InChI is InChI=1S/C21H19F2N5O2S/c1-12(2)10-27-19(30)14-9-13(22)7-8-17(14)28-20(27)25-26-21(28)31-11-18(29)24-16-6-4-3-5-15(16)23/h3-9,12H,10-11H2,1-2H3,(H,24,29). The van der Waals surface area contributed by atoms with Gasteiger partial charge in [0.2, 0.25) is 11.7 Å². The molecule has 4 aromatic rings. The number of aromatic nitrogens is 4. The van der Waals surface area contributed by atoms with E-state index in [4.69, 9.17) is 0 Å². The van der Waals surface area contributed by atoms with Gasteiger partial charge in [-0.2, -0.15) is 0 Å². The van der Waals surface area contributed by atoms with Gasteiger partial charge in [0.15, 0.2) is 5.16 Å². The fourth-order valence-corrected chi connectivity index (χ4v) is 4.00. The van der Waals surface area contributed by atoms with Crippen molar-refractivity contribution in [2.75, 3.05) is 11.1 Å². The zero-order valence-corrected chi connectivity index (χ0v) is 17.6. The molecular formula is C21H19F2N5O2S. The number of hydrogen-bond donors (Lipinski definition) is 1. The first-order chi connectivity index (χ1) is 14.8. The van der Waals surface area contributed by atoms with Gasteiger partial charge in [0.05, 0.1) is 22.3 Å². The van der Waals surface area contributed by atoms with Crippen LogP contribution >= 0.6 is 11.8 Å². The Balaban J connectivity index is 1.71. The highest BCUT2D eigenvalue weighted by Crippen LogP contribution is 2.23. The zero-order chi connectivity index (χ0) is 22.1. The maximum absolute atomic E-state index is 13.9. The van der Waals surface area contributed by atoms with Crippen molar-refractivity contribution < 1.29 is 13.6 Å². The molecule has 0 saturated carbocycles. The van der Waals surface area contributed by atoms with Crippen molar-refractivity contribution in [1.29, 1.82) is 0 Å². The summed E-state index contributed by atoms with van der Waals surface area (Å²) in [6.07, 6.45) is 0. The second kappa shape index (κ2) is 8.46. The molecule has 0 bridgehead atoms. The Hall–Kier alpha value is -3.27. The maximum Gasteiger partial charge on any atom is 0.262 e. The third kappa shape index (κ3) is 4.15. The summed E-state index contributed by atoms with van der Waals surface area (Å²) in [7, 11) is 0. The fraction of sp³-hybridized carbons (Fsp3) is 0.238. The maximum atomic E-state index is 13.9. The highest BCUT2D eigenvalue weighted by molar-refractivity contribution is 7.99. The Kier molecular flexibility index (Phi) is 5.73. The molecule has 0 saturated heterocycles. The van der Waals surface area contributed by atoms with Gasteiger partial charge in [0.25, 0.3) is 5.56 Å². The van der Waals surface area contributed by atoms with E-state index < -0.39 is 17.5 Å². The topological polar surface area (TPSA) is 81.3 Å². The quantitative estimate of drug-likeness (QED) is 0.460. The van der Waals surface area contributed by atoms with Gasteiger partial charge in [-0.25, -0.2) is 8.78 Å². The molecule has 2 heterocycles. The van der Waals surface area contributed by atoms with Crippen molar-refractivity contribution in [3.05, 3.63) is 64.5 Å². The van der Waals surface area contributed by atoms with Crippen molar-refractivity contribution in [1.82, 2.24) is 19.2 Å². The van der Waals surface area contributed by atoms with E-state index in [-0.39, 0.29) is 28.3 Å². The smallest absolute Gasteiger partial charge is 0.262 e. The number of nitrogens with zero attached hydrogens (tertiary/aromatic N) is 4. The lowest BCUT2D eigenvalue weighted by Gasteiger charge is -2.13. The van der Waals surface area contributed by atoms with Crippen LogP contribution in [-0.4, -0.2) is 30.8 Å². The number of nitrogens with one attached hydrogen (secondary N) is 1. The Labute approximate surface area is 180 Å². The van der Waals surface area contributed by atoms with Crippen molar-refractivity contribution in [3.8, 4) is 0 Å². The summed E-state index contributed by atoms with van der Waals surface area (Å²) in [5.74, 6) is -1.06. The molecule has 1 amide bonds. The molecule has 31 heavy (non-hydrogen) atoms. The van der Waals surface area contributed by atoms with Gasteiger partial charge in [0, 0.05) is 6.54 Å². The van der Waals surface area contributed by atoms with Crippen LogP contribution in [0.15, 0.2) is 52.4 Å². The summed E-state index contributed by atoms with van der Waals surface area (Å²) in [6, 6.07) is 9.82. The molecule has 0 atom stereocenters. The third-order valence-electron chi connectivity index (χ3n) is 4.56. The second-order valence-corrected chi connectivity index (χ2v) is 8.35. The Morgan fingerprint density at radius 2 is 1.94 bits per heavy atom. The molecule has 10 heteroatoms. The van der Waals surface area contributed by atoms with Crippen LogP contribution in [-0.2, 0) is 11.3 Å². The molecule has 1 N–H and O–H groups in total. The van der Waals surface area contributed by atoms with E-state index >= 15 is 0 Å². The van der Waals surface area contributed by atoms with E-state index in [1.807, 2.05) is 13.8 Å². The zero-order valence-electron chi connectivity index (χ0n) is 16.8. The number of hydrogen-bond acceptors (Lipinski definition) is 5. The predicted octanol–water partition coefficient (Wildman–Crippen LogP) is 3.71. The van der Waals surface area contributed by atoms with Crippen molar-refractivity contribution in [3.63, 3.8) is 0 Å². The number of fused-ring (bicyclic) bond motifs is 3. The van der Waals surface area contributed by atoms with Crippen LogP contribution < -0.4 is 10.9 Å². The van der Waals surface area contributed by atoms with Gasteiger partial charge in [-0.3, -0.25) is 18.6 Å². The number of amides is 1. The molecule has 7 nitrogen and oxygen atoms in total. The van der Waals surface area contributed by atoms with E-state index in [9.17, 15) is 18.4 Å². The number of para-hydroxylation sites is 1. The van der Waals surface area contributed by atoms with Gasteiger partial charge in [-0.05, 0) is 36.2 Å². The minimum absolute atomic E-state index is 0.0544. The van der Waals surface area contributed by atoms with Crippen LogP contribution in [0.3, 0.4) is 0 Å². The molecule has 0 aliphatic rings. The molecule has 0 aliphatic carbocycles. The van der Waals surface area contributed by atoms with E-state index in [0.29, 0.717) is 23.0 Å². The summed E-state index contributed by atoms with van der Waals surface area (Å²) < 4.78 is 30.7. The molecule has 0 fully saturated rings. The summed E-state index contributed by atoms with van der Waals surface area (Å²) in [4.78, 5) is 25.3. The van der Waals surface area contributed by atoms with Crippen LogP contribution in [0.4, 0.5) is 14.5 Å². The first-order valence-electron chi connectivity index (χ1n) is 9.59. The van der Waals surface area contributed by atoms with E-state index in [1.54, 1.807) is 10.5 Å². The average molecular weight is 443 g/mol. The van der Waals surface area contributed by atoms with Crippen molar-refractivity contribution in [2.24, 2.45) is 5.92 Å². The SMILES string of the molecule is CC(C)Cn1c(=O)c2cc(F)ccc2n2c(SCC(=O)Nc3ccccc3F)nnc12. The summed E-state index contributed by atoms with van der Waals surface area (Å²) in [5.41, 5.74) is 0.186. The fourth-order valence-electron chi connectivity index (χ4n) is 3.26. The Bertz CT molecular complexity index is 1350. The van der Waals surface area contributed by atoms with Crippen molar-refractivity contribution in [2.45, 2.75) is 25.5 Å². The van der Waals surface area contributed by atoms with Gasteiger partial charge in [0.1, 0.15) is 11.6 Å². The van der Waals surface area contributed by atoms with E-state index in [0.717, 1.165) is 11.8 Å². The largest absolute Gasteiger partial charge is 0.323 e. The van der Waals surface area contributed by atoms with Crippen LogP contribution in [0, 0.1) is 17.6 Å². The van der Waals surface area contributed by atoms with Crippen LogP contribution in [0.25, 0.3) is 16.7 Å². The van der Waals surface area contributed by atoms with Crippen LogP contribution in [0.5, 0.6) is 0 Å². The van der Waals surface area contributed by atoms with E-state index in [2.05, 4.69) is 15.5 Å². The third-order valence-corrected chi connectivity index (χ3v) is 5.49. The molecule has 160 valence electrons. The predicted molar refractivity (Wildman–Crippen MR) is 115 cm³/mol. The second-order valence-electron chi connectivity index (χ2n) is 7.41. The Morgan fingerprint density at radius 1 is 1.16 bits per heavy atom. The van der Waals surface area contributed by atoms with Crippen LogP contribution in [0.1, 0.15) is 13.8 Å². The molecule has 4 rings (SSSR count). The number of thioether (sulfide) groups is 1. The van der Waals surface area contributed by atoms with Gasteiger partial charge in [-0.1, -0.05) is 37.7 Å². The van der Waals surface area contributed by atoms with Gasteiger partial charge in [-0.15, -0.1) is 10.2 Å². The molecule has 2 aromatic carbocycles. The summed E-state index contributed by atoms with van der Waals surface area (Å²) >= 11 is 1.09. The lowest BCUT2D eigenvalue weighted by Crippen LogP contribution is -2.25. The number of benzene rings is 2. The first-order valence-corrected chi connectivity index (χ1v) is 10.6. The summed E-state index contributed by atoms with van der Waals surface area (Å²) in [6.45, 7) is 4.29. The normalized spacial score (nSPS) is 11.5. The molecule has 0 aliphatic heterocycles. The number of rotatable bonds is 6. The number of carbonyl (C=O) groups is 1. The highest BCUT2D eigenvalue weighted by Gasteiger charge is 2.19. The summed E-state index contributed by atoms with van der Waals surface area (Å²) in [5, 5.41) is 11.4. The molecular weight excluding hydrogens is 424 g/mol.